The van der Waals surface area contributed by atoms with E-state index in [0.29, 0.717) is 24.3 Å². The molecule has 1 saturated carbocycles. The molecular formula is C32H42BrN2O5PS. The zero-order valence-corrected chi connectivity index (χ0v) is 28.6. The predicted octanol–water partition coefficient (Wildman–Crippen LogP) is 8.18. The highest BCUT2D eigenvalue weighted by atomic mass is 79.9. The minimum absolute atomic E-state index is 0.0326. The number of Topliss-reactive ketones (excluding diaryl/α,β-unsaturated/α-hetero) is 1. The van der Waals surface area contributed by atoms with Crippen molar-refractivity contribution in [1.82, 2.24) is 10.6 Å². The Morgan fingerprint density at radius 2 is 1.69 bits per heavy atom. The van der Waals surface area contributed by atoms with E-state index in [1.807, 2.05) is 25.1 Å². The zero-order valence-electron chi connectivity index (χ0n) is 25.3. The van der Waals surface area contributed by atoms with Crippen molar-refractivity contribution in [2.24, 2.45) is 11.3 Å². The minimum Gasteiger partial charge on any atom is -0.345 e. The number of halogens is 1. The molecule has 2 N–H and O–H groups in total. The van der Waals surface area contributed by atoms with Crippen LogP contribution in [0.15, 0.2) is 46.9 Å². The Morgan fingerprint density at radius 3 is 2.29 bits per heavy atom. The normalized spacial score (nSPS) is 24.5. The lowest BCUT2D eigenvalue weighted by Gasteiger charge is -2.54. The smallest absolute Gasteiger partial charge is 0.345 e. The molecular weight excluding hydrogens is 635 g/mol. The maximum absolute atomic E-state index is 14.1. The Hall–Kier alpha value is -1.90. The molecule has 2 aliphatic rings. The molecule has 10 heteroatoms. The van der Waals surface area contributed by atoms with Crippen molar-refractivity contribution in [3.8, 4) is 0 Å². The van der Waals surface area contributed by atoms with E-state index in [4.69, 9.17) is 21.3 Å². The molecule has 2 aromatic rings. The Balaban J connectivity index is 1.61. The predicted molar refractivity (Wildman–Crippen MR) is 174 cm³/mol. The maximum atomic E-state index is 14.1. The molecule has 0 spiro atoms. The lowest BCUT2D eigenvalue weighted by atomic mass is 9.49. The van der Waals surface area contributed by atoms with Crippen LogP contribution in [-0.2, 0) is 23.8 Å². The standard InChI is InChI=1S/C32H42BrN2O5PS/c1-7-39-41(38,40-8-2)28(21-10-13-23(33)14-11-21)34-30(42)35-29(37)32(6)17-9-16-31(5)25-15-12-22(20(3)4)18-24(25)26(36)19-27(31)32/h10-15,18,20,27-28H,7-9,16-17,19H2,1-6H3,(H2,34,35,37,42)/t27-,28?,31-,32-/m1/s1. The third kappa shape index (κ3) is 6.32. The summed E-state index contributed by atoms with van der Waals surface area (Å²) in [6.45, 7) is 12.3. The van der Waals surface area contributed by atoms with Crippen LogP contribution in [0.2, 0.25) is 0 Å². The van der Waals surface area contributed by atoms with Crippen molar-refractivity contribution >= 4 is 52.5 Å². The SMILES string of the molecule is CCOP(=O)(OCC)C(NC(=S)NC(=O)[C@]1(C)CCC[C@]2(C)c3ccc(C(C)C)cc3C(=O)C[C@@H]12)c1ccc(Br)cc1. The van der Waals surface area contributed by atoms with Crippen molar-refractivity contribution < 1.29 is 23.2 Å². The van der Waals surface area contributed by atoms with Crippen LogP contribution >= 0.6 is 35.7 Å². The number of thiocarbonyl (C=S) groups is 1. The minimum atomic E-state index is -3.71. The molecule has 0 saturated heterocycles. The number of carbonyl (C=O) groups excluding carboxylic acids is 2. The fourth-order valence-electron chi connectivity index (χ4n) is 6.81. The van der Waals surface area contributed by atoms with Gasteiger partial charge in [-0.3, -0.25) is 14.2 Å². The van der Waals surface area contributed by atoms with E-state index in [0.717, 1.165) is 34.0 Å². The molecule has 0 heterocycles. The molecule has 2 aliphatic carbocycles. The zero-order chi connectivity index (χ0) is 30.9. The van der Waals surface area contributed by atoms with Crippen LogP contribution in [0.5, 0.6) is 0 Å². The number of fused-ring (bicyclic) bond motifs is 3. The van der Waals surface area contributed by atoms with Gasteiger partial charge in [-0.1, -0.05) is 74.3 Å². The molecule has 0 radical (unpaired) electrons. The van der Waals surface area contributed by atoms with Crippen LogP contribution in [0.25, 0.3) is 0 Å². The van der Waals surface area contributed by atoms with E-state index in [-0.39, 0.29) is 41.3 Å². The van der Waals surface area contributed by atoms with Crippen molar-refractivity contribution in [3.63, 3.8) is 0 Å². The van der Waals surface area contributed by atoms with E-state index in [1.165, 1.54) is 0 Å². The monoisotopic (exact) mass is 676 g/mol. The first-order valence-corrected chi connectivity index (χ1v) is 17.5. The number of amides is 1. The summed E-state index contributed by atoms with van der Waals surface area (Å²) in [5, 5.41) is 6.01. The van der Waals surface area contributed by atoms with Crippen molar-refractivity contribution in [3.05, 3.63) is 69.2 Å². The summed E-state index contributed by atoms with van der Waals surface area (Å²) < 4.78 is 26.1. The average molecular weight is 678 g/mol. The molecule has 0 aromatic heterocycles. The maximum Gasteiger partial charge on any atom is 0.357 e. The van der Waals surface area contributed by atoms with E-state index in [2.05, 4.69) is 59.5 Å². The number of nitrogens with one attached hydrogen (secondary N) is 2. The van der Waals surface area contributed by atoms with Crippen molar-refractivity contribution in [2.75, 3.05) is 13.2 Å². The molecule has 1 fully saturated rings. The number of hydrogen-bond acceptors (Lipinski definition) is 6. The largest absolute Gasteiger partial charge is 0.357 e. The highest BCUT2D eigenvalue weighted by Crippen LogP contribution is 2.60. The van der Waals surface area contributed by atoms with Gasteiger partial charge in [0.05, 0.1) is 18.6 Å². The van der Waals surface area contributed by atoms with Crippen LogP contribution < -0.4 is 10.6 Å². The molecule has 228 valence electrons. The number of ketones is 1. The Labute approximate surface area is 263 Å². The number of rotatable bonds is 9. The summed E-state index contributed by atoms with van der Waals surface area (Å²) in [5.74, 6) is -0.955. The molecule has 2 aromatic carbocycles. The second-order valence-corrected chi connectivity index (χ2v) is 15.5. The second kappa shape index (κ2) is 13.0. The van der Waals surface area contributed by atoms with Crippen molar-refractivity contribution in [2.45, 2.75) is 84.3 Å². The average Bonchev–Trinajstić information content (AvgIpc) is 2.93. The number of benzene rings is 2. The first kappa shape index (κ1) is 33.0. The third-order valence-corrected chi connectivity index (χ3v) is 12.1. The van der Waals surface area contributed by atoms with Crippen LogP contribution in [0.4, 0.5) is 0 Å². The van der Waals surface area contributed by atoms with Gasteiger partial charge in [0.2, 0.25) is 5.91 Å². The van der Waals surface area contributed by atoms with Crippen molar-refractivity contribution in [1.29, 1.82) is 0 Å². The van der Waals surface area contributed by atoms with Gasteiger partial charge in [-0.2, -0.15) is 0 Å². The van der Waals surface area contributed by atoms with Gasteiger partial charge in [-0.25, -0.2) is 0 Å². The van der Waals surface area contributed by atoms with Gasteiger partial charge in [-0.15, -0.1) is 0 Å². The first-order valence-electron chi connectivity index (χ1n) is 14.7. The topological polar surface area (TPSA) is 93.7 Å². The molecule has 4 atom stereocenters. The van der Waals surface area contributed by atoms with Crippen LogP contribution in [0.1, 0.15) is 106 Å². The van der Waals surface area contributed by atoms with E-state index < -0.39 is 18.8 Å². The van der Waals surface area contributed by atoms with Gasteiger partial charge in [0, 0.05) is 16.5 Å². The van der Waals surface area contributed by atoms with Crippen LogP contribution in [-0.4, -0.2) is 30.0 Å². The summed E-state index contributed by atoms with van der Waals surface area (Å²) in [7, 11) is -3.71. The lowest BCUT2D eigenvalue weighted by Crippen LogP contribution is -2.57. The van der Waals surface area contributed by atoms with Gasteiger partial charge >= 0.3 is 7.60 Å². The molecule has 42 heavy (non-hydrogen) atoms. The summed E-state index contributed by atoms with van der Waals surface area (Å²) in [5.41, 5.74) is 2.47. The fraction of sp³-hybridized carbons (Fsp3) is 0.531. The molecule has 4 rings (SSSR count). The fourth-order valence-corrected chi connectivity index (χ4v) is 9.29. The first-order chi connectivity index (χ1) is 19.8. The highest BCUT2D eigenvalue weighted by Gasteiger charge is 2.57. The van der Waals surface area contributed by atoms with Gasteiger partial charge in [0.25, 0.3) is 0 Å². The van der Waals surface area contributed by atoms with E-state index in [1.54, 1.807) is 26.0 Å². The Kier molecular flexibility index (Phi) is 10.2. The molecule has 1 unspecified atom stereocenters. The summed E-state index contributed by atoms with van der Waals surface area (Å²) in [4.78, 5) is 27.6. The summed E-state index contributed by atoms with van der Waals surface area (Å²) in [6, 6.07) is 13.5. The van der Waals surface area contributed by atoms with Gasteiger partial charge < -0.3 is 19.7 Å². The van der Waals surface area contributed by atoms with E-state index >= 15 is 0 Å². The molecule has 1 amide bonds. The van der Waals surface area contributed by atoms with Gasteiger partial charge in [0.15, 0.2) is 16.7 Å². The van der Waals surface area contributed by atoms with Crippen LogP contribution in [0.3, 0.4) is 0 Å². The Bertz CT molecular complexity index is 1390. The highest BCUT2D eigenvalue weighted by molar-refractivity contribution is 9.10. The molecule has 7 nitrogen and oxygen atoms in total. The van der Waals surface area contributed by atoms with E-state index in [9.17, 15) is 14.2 Å². The summed E-state index contributed by atoms with van der Waals surface area (Å²) in [6.07, 6.45) is 2.70. The molecule has 0 bridgehead atoms. The number of carbonyl (C=O) groups is 2. The third-order valence-electron chi connectivity index (χ3n) is 9.08. The Morgan fingerprint density at radius 1 is 1.07 bits per heavy atom. The van der Waals surface area contributed by atoms with Gasteiger partial charge in [-0.05, 0) is 91.0 Å². The quantitative estimate of drug-likeness (QED) is 0.204. The van der Waals surface area contributed by atoms with Gasteiger partial charge in [0.1, 0.15) is 0 Å². The summed E-state index contributed by atoms with van der Waals surface area (Å²) >= 11 is 9.07. The second-order valence-electron chi connectivity index (χ2n) is 12.1. The number of hydrogen-bond donors (Lipinski definition) is 2. The molecule has 0 aliphatic heterocycles. The van der Waals surface area contributed by atoms with Crippen LogP contribution in [0, 0.1) is 11.3 Å². The lowest BCUT2D eigenvalue weighted by molar-refractivity contribution is -0.136.